The van der Waals surface area contributed by atoms with Crippen molar-refractivity contribution in [3.05, 3.63) is 36.1 Å². The minimum atomic E-state index is -0.662. The van der Waals surface area contributed by atoms with Gasteiger partial charge in [0.2, 0.25) is 5.91 Å². The number of carbonyl (C=O) groups excluding carboxylic acids is 1. The van der Waals surface area contributed by atoms with E-state index in [1.807, 2.05) is 0 Å². The van der Waals surface area contributed by atoms with Crippen molar-refractivity contribution in [1.29, 1.82) is 0 Å². The first-order chi connectivity index (χ1) is 7.95. The molecule has 0 fully saturated rings. The van der Waals surface area contributed by atoms with Crippen LogP contribution in [0.2, 0.25) is 0 Å². The Labute approximate surface area is 99.3 Å². The molecule has 0 aliphatic carbocycles. The topological polar surface area (TPSA) is 96.0 Å². The predicted molar refractivity (Wildman–Crippen MR) is 61.2 cm³/mol. The molecule has 17 heavy (non-hydrogen) atoms. The number of aliphatic hydroxyl groups excluding tert-OH is 2. The molecule has 0 aromatic carbocycles. The first-order valence-electron chi connectivity index (χ1n) is 5.05. The van der Waals surface area contributed by atoms with Crippen molar-refractivity contribution in [1.82, 2.24) is 4.90 Å². The third kappa shape index (κ3) is 3.25. The summed E-state index contributed by atoms with van der Waals surface area (Å²) in [5.74, 6) is -0.232. The maximum atomic E-state index is 11.4. The van der Waals surface area contributed by atoms with Gasteiger partial charge in [-0.25, -0.2) is 0 Å². The van der Waals surface area contributed by atoms with E-state index in [0.29, 0.717) is 5.70 Å². The fourth-order valence-corrected chi connectivity index (χ4v) is 1.42. The second kappa shape index (κ2) is 5.40. The number of hydrogen-bond donors (Lipinski definition) is 3. The highest BCUT2D eigenvalue weighted by Crippen LogP contribution is 2.25. The van der Waals surface area contributed by atoms with Crippen molar-refractivity contribution < 1.29 is 19.7 Å². The van der Waals surface area contributed by atoms with Crippen molar-refractivity contribution in [3.8, 4) is 0 Å². The van der Waals surface area contributed by atoms with Gasteiger partial charge in [-0.3, -0.25) is 9.69 Å². The van der Waals surface area contributed by atoms with Gasteiger partial charge in [-0.05, 0) is 6.08 Å². The number of aliphatic hydroxyl groups is 2. The molecule has 1 atom stereocenters. The maximum absolute atomic E-state index is 11.4. The lowest BCUT2D eigenvalue weighted by atomic mass is 10.3. The summed E-state index contributed by atoms with van der Waals surface area (Å²) in [4.78, 5) is 12.7. The molecule has 0 unspecified atom stereocenters. The van der Waals surface area contributed by atoms with Gasteiger partial charge in [0.15, 0.2) is 12.0 Å². The Bertz CT molecular complexity index is 387. The lowest BCUT2D eigenvalue weighted by Gasteiger charge is -2.23. The molecule has 1 rings (SSSR count). The van der Waals surface area contributed by atoms with Crippen molar-refractivity contribution in [2.75, 3.05) is 6.61 Å². The fraction of sp³-hybridized carbons (Fsp3) is 0.364. The fourth-order valence-electron chi connectivity index (χ4n) is 1.42. The van der Waals surface area contributed by atoms with Crippen LogP contribution in [0, 0.1) is 0 Å². The number of nitrogens with two attached hydrogens (primary N) is 1. The zero-order valence-corrected chi connectivity index (χ0v) is 9.59. The van der Waals surface area contributed by atoms with Crippen LogP contribution in [-0.4, -0.2) is 33.9 Å². The molecule has 0 saturated heterocycles. The number of ether oxygens (including phenoxy) is 1. The molecule has 0 aromatic rings. The third-order valence-electron chi connectivity index (χ3n) is 2.23. The average molecular weight is 240 g/mol. The molecule has 0 spiro atoms. The molecule has 4 N–H and O–H groups in total. The largest absolute Gasteiger partial charge is 0.508 e. The second-order valence-electron chi connectivity index (χ2n) is 3.62. The average Bonchev–Trinajstić information content (AvgIpc) is 2.58. The summed E-state index contributed by atoms with van der Waals surface area (Å²) in [6.45, 7) is 4.43. The Morgan fingerprint density at radius 1 is 1.76 bits per heavy atom. The van der Waals surface area contributed by atoms with Gasteiger partial charge >= 0.3 is 0 Å². The van der Waals surface area contributed by atoms with Crippen LogP contribution in [0.15, 0.2) is 36.1 Å². The Morgan fingerprint density at radius 3 is 2.82 bits per heavy atom. The van der Waals surface area contributed by atoms with E-state index in [1.54, 1.807) is 0 Å². The Balaban J connectivity index is 2.76. The second-order valence-corrected chi connectivity index (χ2v) is 3.62. The normalized spacial score (nSPS) is 19.5. The smallest absolute Gasteiger partial charge is 0.226 e. The molecule has 0 saturated carbocycles. The van der Waals surface area contributed by atoms with Crippen LogP contribution < -0.4 is 5.73 Å². The van der Waals surface area contributed by atoms with Gasteiger partial charge in [-0.1, -0.05) is 6.58 Å². The van der Waals surface area contributed by atoms with Crippen molar-refractivity contribution >= 4 is 5.91 Å². The Hall–Kier alpha value is -1.95. The van der Waals surface area contributed by atoms with Gasteiger partial charge in [-0.2, -0.15) is 0 Å². The standard InChI is InChI=1S/C11H16N2O4/c1-7(12)3-4-13(8(2)15)11-5-9(16)10(6-14)17-11/h3-4,11,14,16H,1,5-6,12H2,2H3/b4-3-/t11-/m1/s1. The van der Waals surface area contributed by atoms with Crippen molar-refractivity contribution in [2.24, 2.45) is 5.73 Å². The molecule has 0 bridgehead atoms. The van der Waals surface area contributed by atoms with Gasteiger partial charge in [0, 0.05) is 18.8 Å². The lowest BCUT2D eigenvalue weighted by Crippen LogP contribution is -2.34. The molecule has 6 nitrogen and oxygen atoms in total. The molecule has 0 aromatic heterocycles. The molecule has 1 aliphatic rings. The summed E-state index contributed by atoms with van der Waals surface area (Å²) in [5, 5.41) is 18.4. The van der Waals surface area contributed by atoms with Crippen LogP contribution in [0.3, 0.4) is 0 Å². The van der Waals surface area contributed by atoms with Crippen LogP contribution in [0.5, 0.6) is 0 Å². The van der Waals surface area contributed by atoms with Crippen LogP contribution >= 0.6 is 0 Å². The van der Waals surface area contributed by atoms with Gasteiger partial charge < -0.3 is 20.7 Å². The minimum Gasteiger partial charge on any atom is -0.508 e. The van der Waals surface area contributed by atoms with E-state index in [-0.39, 0.29) is 23.8 Å². The summed E-state index contributed by atoms with van der Waals surface area (Å²) in [7, 11) is 0. The van der Waals surface area contributed by atoms with E-state index in [2.05, 4.69) is 6.58 Å². The number of rotatable bonds is 4. The number of carbonyl (C=O) groups is 1. The van der Waals surface area contributed by atoms with E-state index in [0.717, 1.165) is 0 Å². The molecule has 0 radical (unpaired) electrons. The highest BCUT2D eigenvalue weighted by atomic mass is 16.5. The maximum Gasteiger partial charge on any atom is 0.226 e. The van der Waals surface area contributed by atoms with Gasteiger partial charge in [0.25, 0.3) is 0 Å². The summed E-state index contributed by atoms with van der Waals surface area (Å²) in [5.41, 5.74) is 5.66. The molecule has 1 amide bonds. The summed E-state index contributed by atoms with van der Waals surface area (Å²) in [6.07, 6.45) is 2.36. The Morgan fingerprint density at radius 2 is 2.41 bits per heavy atom. The zero-order chi connectivity index (χ0) is 13.0. The van der Waals surface area contributed by atoms with Crippen LogP contribution in [0.1, 0.15) is 13.3 Å². The van der Waals surface area contributed by atoms with Gasteiger partial charge in [-0.15, -0.1) is 0 Å². The first kappa shape index (κ1) is 13.1. The SMILES string of the molecule is C=C(N)/C=C\N(C(C)=O)[C@H]1CC(O)=C(CO)O1. The molecule has 6 heteroatoms. The Kier molecular flexibility index (Phi) is 4.17. The summed E-state index contributed by atoms with van der Waals surface area (Å²) >= 11 is 0. The number of nitrogens with zero attached hydrogens (tertiary/aromatic N) is 1. The minimum absolute atomic E-state index is 0.0521. The van der Waals surface area contributed by atoms with Crippen molar-refractivity contribution in [2.45, 2.75) is 19.6 Å². The highest BCUT2D eigenvalue weighted by molar-refractivity contribution is 5.74. The van der Waals surface area contributed by atoms with E-state index in [1.165, 1.54) is 24.1 Å². The van der Waals surface area contributed by atoms with E-state index < -0.39 is 12.8 Å². The molecular weight excluding hydrogens is 224 g/mol. The summed E-state index contributed by atoms with van der Waals surface area (Å²) < 4.78 is 5.24. The molecular formula is C11H16N2O4. The lowest BCUT2D eigenvalue weighted by molar-refractivity contribution is -0.134. The van der Waals surface area contributed by atoms with Crippen LogP contribution in [0.4, 0.5) is 0 Å². The molecule has 94 valence electrons. The number of hydrogen-bond acceptors (Lipinski definition) is 5. The van der Waals surface area contributed by atoms with Crippen LogP contribution in [0.25, 0.3) is 0 Å². The number of amides is 1. The zero-order valence-electron chi connectivity index (χ0n) is 9.59. The van der Waals surface area contributed by atoms with E-state index >= 15 is 0 Å². The monoisotopic (exact) mass is 240 g/mol. The number of allylic oxidation sites excluding steroid dienone is 1. The molecule has 1 heterocycles. The van der Waals surface area contributed by atoms with Gasteiger partial charge in [0.05, 0.1) is 6.42 Å². The summed E-state index contributed by atoms with van der Waals surface area (Å²) in [6, 6.07) is 0. The third-order valence-corrected chi connectivity index (χ3v) is 2.23. The van der Waals surface area contributed by atoms with E-state index in [4.69, 9.17) is 15.6 Å². The van der Waals surface area contributed by atoms with Gasteiger partial charge in [0.1, 0.15) is 12.4 Å². The van der Waals surface area contributed by atoms with Crippen LogP contribution in [-0.2, 0) is 9.53 Å². The van der Waals surface area contributed by atoms with E-state index in [9.17, 15) is 9.90 Å². The quantitative estimate of drug-likeness (QED) is 0.615. The van der Waals surface area contributed by atoms with Crippen molar-refractivity contribution in [3.63, 3.8) is 0 Å². The first-order valence-corrected chi connectivity index (χ1v) is 5.05. The molecule has 1 aliphatic heterocycles. The predicted octanol–water partition coefficient (Wildman–Crippen LogP) is 0.329. The highest BCUT2D eigenvalue weighted by Gasteiger charge is 2.30.